The van der Waals surface area contributed by atoms with Crippen molar-refractivity contribution in [2.75, 3.05) is 11.9 Å². The van der Waals surface area contributed by atoms with E-state index in [1.54, 1.807) is 12.3 Å². The summed E-state index contributed by atoms with van der Waals surface area (Å²) in [7, 11) is 0. The van der Waals surface area contributed by atoms with Crippen LogP contribution in [-0.2, 0) is 6.54 Å². The highest BCUT2D eigenvalue weighted by Gasteiger charge is 2.13. The minimum Gasteiger partial charge on any atom is -0.370 e. The Hall–Kier alpha value is -3.28. The van der Waals surface area contributed by atoms with Gasteiger partial charge in [0.15, 0.2) is 5.82 Å². The minimum absolute atomic E-state index is 0.257. The Labute approximate surface area is 159 Å². The summed E-state index contributed by atoms with van der Waals surface area (Å²) in [5.74, 6) is 1.36. The number of aromatic nitrogens is 3. The third kappa shape index (κ3) is 5.34. The van der Waals surface area contributed by atoms with E-state index in [0.29, 0.717) is 29.8 Å². The van der Waals surface area contributed by atoms with Gasteiger partial charge in [-0.05, 0) is 18.1 Å². The summed E-state index contributed by atoms with van der Waals surface area (Å²) in [4.78, 5) is 25.9. The van der Waals surface area contributed by atoms with Crippen LogP contribution in [0, 0.1) is 5.92 Å². The first-order valence-corrected chi connectivity index (χ1v) is 8.98. The molecule has 138 valence electrons. The van der Waals surface area contributed by atoms with E-state index in [9.17, 15) is 4.79 Å². The number of carbonyl (C=O) groups is 1. The molecule has 27 heavy (non-hydrogen) atoms. The molecule has 1 amide bonds. The lowest BCUT2D eigenvalue weighted by Crippen LogP contribution is -2.25. The lowest BCUT2D eigenvalue weighted by molar-refractivity contribution is 0.0945. The summed E-state index contributed by atoms with van der Waals surface area (Å²) in [5, 5.41) is 6.15. The summed E-state index contributed by atoms with van der Waals surface area (Å²) < 4.78 is 0. The van der Waals surface area contributed by atoms with Crippen molar-refractivity contribution in [2.45, 2.75) is 20.4 Å². The molecule has 2 N–H and O–H groups in total. The second kappa shape index (κ2) is 8.89. The van der Waals surface area contributed by atoms with Crippen LogP contribution in [0.25, 0.3) is 11.4 Å². The highest BCUT2D eigenvalue weighted by atomic mass is 16.1. The fraction of sp³-hybridized carbons (Fsp3) is 0.238. The van der Waals surface area contributed by atoms with E-state index in [2.05, 4.69) is 39.4 Å². The van der Waals surface area contributed by atoms with E-state index < -0.39 is 0 Å². The predicted molar refractivity (Wildman–Crippen MR) is 106 cm³/mol. The summed E-state index contributed by atoms with van der Waals surface area (Å²) in [6.07, 6.45) is 1.70. The normalized spacial score (nSPS) is 10.6. The van der Waals surface area contributed by atoms with Crippen LogP contribution in [0.15, 0.2) is 60.8 Å². The monoisotopic (exact) mass is 361 g/mol. The van der Waals surface area contributed by atoms with Gasteiger partial charge >= 0.3 is 0 Å². The SMILES string of the molecule is CC(C)CNc1cc(C(=O)NCc2ccccn2)nc(-c2ccccc2)n1. The van der Waals surface area contributed by atoms with Crippen molar-refractivity contribution in [3.63, 3.8) is 0 Å². The molecule has 0 aliphatic rings. The molecule has 3 rings (SSSR count). The highest BCUT2D eigenvalue weighted by Crippen LogP contribution is 2.18. The maximum atomic E-state index is 12.6. The molecule has 0 aliphatic carbocycles. The van der Waals surface area contributed by atoms with Gasteiger partial charge in [0.05, 0.1) is 12.2 Å². The van der Waals surface area contributed by atoms with Crippen LogP contribution < -0.4 is 10.6 Å². The zero-order valence-electron chi connectivity index (χ0n) is 15.5. The summed E-state index contributed by atoms with van der Waals surface area (Å²) in [6, 6.07) is 16.9. The predicted octanol–water partition coefficient (Wildman–Crippen LogP) is 3.54. The summed E-state index contributed by atoms with van der Waals surface area (Å²) in [5.41, 5.74) is 1.98. The molecule has 0 aliphatic heterocycles. The third-order valence-corrected chi connectivity index (χ3v) is 3.84. The smallest absolute Gasteiger partial charge is 0.270 e. The second-order valence-corrected chi connectivity index (χ2v) is 6.61. The molecular formula is C21H23N5O. The van der Waals surface area contributed by atoms with Crippen LogP contribution >= 0.6 is 0 Å². The first-order valence-electron chi connectivity index (χ1n) is 8.98. The van der Waals surface area contributed by atoms with Crippen molar-refractivity contribution in [1.82, 2.24) is 20.3 Å². The number of rotatable bonds is 7. The fourth-order valence-corrected chi connectivity index (χ4v) is 2.44. The number of hydrogen-bond acceptors (Lipinski definition) is 5. The van der Waals surface area contributed by atoms with Crippen LogP contribution in [0.4, 0.5) is 5.82 Å². The van der Waals surface area contributed by atoms with Crippen LogP contribution in [0.1, 0.15) is 30.0 Å². The molecule has 0 unspecified atom stereocenters. The van der Waals surface area contributed by atoms with Gasteiger partial charge in [-0.2, -0.15) is 0 Å². The molecule has 0 saturated heterocycles. The summed E-state index contributed by atoms with van der Waals surface area (Å²) in [6.45, 7) is 5.35. The Morgan fingerprint density at radius 3 is 2.52 bits per heavy atom. The lowest BCUT2D eigenvalue weighted by atomic mass is 10.2. The molecular weight excluding hydrogens is 338 g/mol. The maximum Gasteiger partial charge on any atom is 0.270 e. The van der Waals surface area contributed by atoms with Gasteiger partial charge in [0.2, 0.25) is 0 Å². The Balaban J connectivity index is 1.83. The molecule has 0 fully saturated rings. The van der Waals surface area contributed by atoms with Crippen molar-refractivity contribution in [3.05, 3.63) is 72.2 Å². The number of nitrogens with one attached hydrogen (secondary N) is 2. The van der Waals surface area contributed by atoms with Crippen molar-refractivity contribution >= 4 is 11.7 Å². The number of carbonyl (C=O) groups excluding carboxylic acids is 1. The molecule has 1 aromatic carbocycles. The quantitative estimate of drug-likeness (QED) is 0.673. The fourth-order valence-electron chi connectivity index (χ4n) is 2.44. The van der Waals surface area contributed by atoms with E-state index in [1.807, 2.05) is 48.5 Å². The molecule has 0 saturated carbocycles. The Morgan fingerprint density at radius 1 is 1.04 bits per heavy atom. The number of nitrogens with zero attached hydrogens (tertiary/aromatic N) is 3. The van der Waals surface area contributed by atoms with Crippen LogP contribution in [0.5, 0.6) is 0 Å². The molecule has 0 radical (unpaired) electrons. The van der Waals surface area contributed by atoms with E-state index in [0.717, 1.165) is 17.8 Å². The number of anilines is 1. The van der Waals surface area contributed by atoms with Gasteiger partial charge in [0, 0.05) is 24.4 Å². The van der Waals surface area contributed by atoms with Gasteiger partial charge in [0.1, 0.15) is 11.5 Å². The van der Waals surface area contributed by atoms with Gasteiger partial charge in [-0.25, -0.2) is 9.97 Å². The molecule has 3 aromatic rings. The zero-order chi connectivity index (χ0) is 19.1. The average molecular weight is 361 g/mol. The van der Waals surface area contributed by atoms with Crippen LogP contribution in [0.2, 0.25) is 0 Å². The van der Waals surface area contributed by atoms with E-state index in [-0.39, 0.29) is 5.91 Å². The second-order valence-electron chi connectivity index (χ2n) is 6.61. The van der Waals surface area contributed by atoms with Gasteiger partial charge in [-0.3, -0.25) is 9.78 Å². The highest BCUT2D eigenvalue weighted by molar-refractivity contribution is 5.93. The average Bonchev–Trinajstić information content (AvgIpc) is 2.71. The van der Waals surface area contributed by atoms with Crippen LogP contribution in [-0.4, -0.2) is 27.4 Å². The van der Waals surface area contributed by atoms with Crippen molar-refractivity contribution in [2.24, 2.45) is 5.92 Å². The first kappa shape index (κ1) is 18.5. The Kier molecular flexibility index (Phi) is 6.10. The van der Waals surface area contributed by atoms with E-state index in [4.69, 9.17) is 0 Å². The largest absolute Gasteiger partial charge is 0.370 e. The number of hydrogen-bond donors (Lipinski definition) is 2. The number of amides is 1. The van der Waals surface area contributed by atoms with Crippen LogP contribution in [0.3, 0.4) is 0 Å². The number of pyridine rings is 1. The summed E-state index contributed by atoms with van der Waals surface area (Å²) >= 11 is 0. The van der Waals surface area contributed by atoms with E-state index in [1.165, 1.54) is 0 Å². The topological polar surface area (TPSA) is 79.8 Å². The first-order chi connectivity index (χ1) is 13.1. The minimum atomic E-state index is -0.257. The molecule has 2 heterocycles. The van der Waals surface area contributed by atoms with Crippen molar-refractivity contribution < 1.29 is 4.79 Å². The van der Waals surface area contributed by atoms with Gasteiger partial charge in [0.25, 0.3) is 5.91 Å². The van der Waals surface area contributed by atoms with Gasteiger partial charge in [-0.15, -0.1) is 0 Å². The number of benzene rings is 1. The van der Waals surface area contributed by atoms with Gasteiger partial charge < -0.3 is 10.6 Å². The van der Waals surface area contributed by atoms with Crippen molar-refractivity contribution in [1.29, 1.82) is 0 Å². The molecule has 6 nitrogen and oxygen atoms in total. The lowest BCUT2D eigenvalue weighted by Gasteiger charge is -2.12. The third-order valence-electron chi connectivity index (χ3n) is 3.84. The molecule has 0 atom stereocenters. The molecule has 0 bridgehead atoms. The standard InChI is InChI=1S/C21H23N5O/c1-15(2)13-23-19-12-18(21(27)24-14-17-10-6-7-11-22-17)25-20(26-19)16-8-4-3-5-9-16/h3-12,15H,13-14H2,1-2H3,(H,24,27)(H,23,25,26). The maximum absolute atomic E-state index is 12.6. The Morgan fingerprint density at radius 2 is 1.81 bits per heavy atom. The zero-order valence-corrected chi connectivity index (χ0v) is 15.5. The van der Waals surface area contributed by atoms with E-state index >= 15 is 0 Å². The Bertz CT molecular complexity index is 882. The molecule has 0 spiro atoms. The molecule has 2 aromatic heterocycles. The molecule has 6 heteroatoms. The van der Waals surface area contributed by atoms with Crippen molar-refractivity contribution in [3.8, 4) is 11.4 Å². The van der Waals surface area contributed by atoms with Gasteiger partial charge in [-0.1, -0.05) is 50.2 Å².